The number of nitrogen functional groups attached to an aromatic ring is 1. The maximum absolute atomic E-state index is 13.3. The Balaban J connectivity index is 0.000000199. The van der Waals surface area contributed by atoms with Crippen LogP contribution in [0.3, 0.4) is 0 Å². The number of methoxy groups -OCH3 is 2. The van der Waals surface area contributed by atoms with Crippen molar-refractivity contribution in [1.82, 2.24) is 24.8 Å². The highest BCUT2D eigenvalue weighted by atomic mass is 19.4. The van der Waals surface area contributed by atoms with E-state index in [9.17, 15) is 27.9 Å². The highest BCUT2D eigenvalue weighted by Gasteiger charge is 2.32. The van der Waals surface area contributed by atoms with Crippen molar-refractivity contribution in [1.29, 1.82) is 0 Å². The minimum absolute atomic E-state index is 0.0383. The number of fused-ring (bicyclic) bond motifs is 2. The Labute approximate surface area is 420 Å². The van der Waals surface area contributed by atoms with Crippen LogP contribution in [-0.4, -0.2) is 128 Å². The van der Waals surface area contributed by atoms with Gasteiger partial charge in [-0.3, -0.25) is 9.69 Å². The summed E-state index contributed by atoms with van der Waals surface area (Å²) in [4.78, 5) is 47.9. The van der Waals surface area contributed by atoms with Crippen molar-refractivity contribution in [2.75, 3.05) is 90.2 Å². The molecule has 1 amide bonds. The number of nitrogens with zero attached hydrogens (tertiary/aromatic N) is 6. The molecule has 0 spiro atoms. The van der Waals surface area contributed by atoms with Crippen LogP contribution < -0.4 is 25.4 Å². The third-order valence-electron chi connectivity index (χ3n) is 12.7. The second-order valence-electron chi connectivity index (χ2n) is 18.0. The van der Waals surface area contributed by atoms with E-state index in [0.29, 0.717) is 87.4 Å². The quantitative estimate of drug-likeness (QED) is 0.0487. The molecule has 2 atom stereocenters. The highest BCUT2D eigenvalue weighted by Crippen LogP contribution is 2.38. The topological polar surface area (TPSA) is 193 Å². The molecular weight excluding hydrogens is 944 g/mol. The summed E-state index contributed by atoms with van der Waals surface area (Å²) in [5.41, 5.74) is 10.3. The normalized spacial score (nSPS) is 15.9. The van der Waals surface area contributed by atoms with Crippen LogP contribution in [0, 0.1) is 6.92 Å². The first kappa shape index (κ1) is 51.6. The zero-order valence-corrected chi connectivity index (χ0v) is 41.4. The maximum Gasteiger partial charge on any atom is 0.416 e. The largest absolute Gasteiger partial charge is 0.494 e. The van der Waals surface area contributed by atoms with Crippen molar-refractivity contribution in [3.05, 3.63) is 137 Å². The van der Waals surface area contributed by atoms with Crippen molar-refractivity contribution >= 4 is 62.3 Å². The number of aromatic nitrogens is 3. The molecule has 2 unspecified atom stereocenters. The molecule has 0 saturated carbocycles. The van der Waals surface area contributed by atoms with Crippen molar-refractivity contribution in [2.45, 2.75) is 38.6 Å². The Bertz CT molecular complexity index is 3120. The summed E-state index contributed by atoms with van der Waals surface area (Å²) in [6.07, 6.45) is -3.81. The van der Waals surface area contributed by atoms with E-state index in [1.807, 2.05) is 54.6 Å². The van der Waals surface area contributed by atoms with Gasteiger partial charge in [0.1, 0.15) is 17.7 Å². The number of H-pyrrole nitrogens is 1. The van der Waals surface area contributed by atoms with Crippen LogP contribution in [0.5, 0.6) is 17.4 Å². The van der Waals surface area contributed by atoms with Crippen LogP contribution >= 0.6 is 0 Å². The number of hydrogen-bond acceptors (Lipinski definition) is 14. The van der Waals surface area contributed by atoms with Gasteiger partial charge in [0, 0.05) is 78.9 Å². The Morgan fingerprint density at radius 3 is 2.36 bits per heavy atom. The molecule has 2 saturated heterocycles. The predicted octanol–water partition coefficient (Wildman–Crippen LogP) is 8.93. The Morgan fingerprint density at radius 2 is 1.68 bits per heavy atom. The van der Waals surface area contributed by atoms with Crippen molar-refractivity contribution < 1.29 is 46.8 Å². The Morgan fingerprint density at radius 1 is 0.945 bits per heavy atom. The van der Waals surface area contributed by atoms with Gasteiger partial charge >= 0.3 is 12.1 Å². The fraction of sp³-hybridized carbons (Fsp3) is 0.315. The zero-order valence-electron chi connectivity index (χ0n) is 41.4. The molecule has 19 heteroatoms. The van der Waals surface area contributed by atoms with Crippen LogP contribution in [0.15, 0.2) is 108 Å². The second kappa shape index (κ2) is 22.4. The van der Waals surface area contributed by atoms with Gasteiger partial charge in [-0.25, -0.2) is 19.8 Å². The number of likely N-dealkylation sites (N-methyl/N-ethyl adjacent to an activating group) is 2. The molecule has 5 N–H and O–H groups in total. The lowest BCUT2D eigenvalue weighted by Crippen LogP contribution is -2.48. The van der Waals surface area contributed by atoms with E-state index in [0.717, 1.165) is 61.4 Å². The molecule has 9 rings (SSSR count). The lowest BCUT2D eigenvalue weighted by Gasteiger charge is -2.32. The molecule has 2 aromatic heterocycles. The summed E-state index contributed by atoms with van der Waals surface area (Å²) in [6, 6.07) is 28.7. The van der Waals surface area contributed by atoms with Gasteiger partial charge in [0.05, 0.1) is 73.6 Å². The van der Waals surface area contributed by atoms with Crippen LogP contribution in [0.4, 0.5) is 36.1 Å². The summed E-state index contributed by atoms with van der Waals surface area (Å²) < 4.78 is 61.5. The van der Waals surface area contributed by atoms with E-state index in [4.69, 9.17) is 29.7 Å². The lowest BCUT2D eigenvalue weighted by atomic mass is 10.00. The Kier molecular flexibility index (Phi) is 15.8. The van der Waals surface area contributed by atoms with E-state index < -0.39 is 23.8 Å². The number of carbonyl (C=O) groups excluding carboxylic acids is 2. The van der Waals surface area contributed by atoms with E-state index in [1.165, 1.54) is 13.2 Å². The summed E-state index contributed by atoms with van der Waals surface area (Å²) in [6.45, 7) is 8.70. The number of aromatic amines is 1. The molecule has 382 valence electrons. The number of alkyl halides is 3. The number of aliphatic imine (C=N–C) groups is 1. The minimum atomic E-state index is -4.49. The standard InChI is InChI=1S/C31H33N5O4.C23H25F3N4O3/c1-34-15-17-36(18-16-34)20-27(37)35(2)24-12-10-23(11-13-24)32-29(21-7-5-4-6-8-21)28-25-14-9-22(31(39)40-3)19-26(25)33-30(28)38;1-12(14-6-15(23(24,25)26)8-16(27)7-14)28-22-18-9-21(33-17-4-5-32-11-17)20(31-3)10-19(18)29-13(2)30-22/h4-14,19,33,38H,15-18,20H2,1-3H3;6-10,12,17H,4-5,11,27H2,1-3H3,(H,28,29,30). The average Bonchev–Trinajstić information content (AvgIpc) is 4.02. The van der Waals surface area contributed by atoms with Gasteiger partial charge in [-0.05, 0) is 87.1 Å². The fourth-order valence-corrected chi connectivity index (χ4v) is 8.63. The smallest absolute Gasteiger partial charge is 0.416 e. The summed E-state index contributed by atoms with van der Waals surface area (Å²) in [5, 5.41) is 15.5. The predicted molar refractivity (Wildman–Crippen MR) is 275 cm³/mol. The number of rotatable bonds is 13. The molecule has 2 aliphatic heterocycles. The molecule has 73 heavy (non-hydrogen) atoms. The molecule has 2 fully saturated rings. The average molecular weight is 1000 g/mol. The lowest BCUT2D eigenvalue weighted by molar-refractivity contribution is -0.137. The van der Waals surface area contributed by atoms with Crippen molar-refractivity contribution in [2.24, 2.45) is 4.99 Å². The number of nitrogens with two attached hydrogens (primary N) is 1. The number of aryl methyl sites for hydroxylation is 1. The van der Waals surface area contributed by atoms with Crippen LogP contribution in [-0.2, 0) is 20.4 Å². The third kappa shape index (κ3) is 12.3. The Hall–Kier alpha value is -7.74. The molecule has 5 aromatic carbocycles. The number of benzene rings is 5. The summed E-state index contributed by atoms with van der Waals surface area (Å²) in [5.74, 6) is 1.55. The number of esters is 1. The van der Waals surface area contributed by atoms with Crippen molar-refractivity contribution in [3.8, 4) is 17.4 Å². The van der Waals surface area contributed by atoms with E-state index in [2.05, 4.69) is 37.1 Å². The number of ether oxygens (including phenoxy) is 4. The first-order valence-electron chi connectivity index (χ1n) is 23.7. The van der Waals surface area contributed by atoms with Crippen LogP contribution in [0.1, 0.15) is 57.8 Å². The maximum atomic E-state index is 13.3. The molecule has 7 aromatic rings. The fourth-order valence-electron chi connectivity index (χ4n) is 8.63. The summed E-state index contributed by atoms with van der Waals surface area (Å²) >= 11 is 0. The number of amides is 1. The number of carbonyl (C=O) groups is 2. The number of halogens is 3. The van der Waals surface area contributed by atoms with Gasteiger partial charge in [-0.2, -0.15) is 13.2 Å². The van der Waals surface area contributed by atoms with Crippen molar-refractivity contribution in [3.63, 3.8) is 0 Å². The highest BCUT2D eigenvalue weighted by molar-refractivity contribution is 6.22. The van der Waals surface area contributed by atoms with Gasteiger partial charge in [0.2, 0.25) is 5.91 Å². The molecule has 0 bridgehead atoms. The third-order valence-corrected chi connectivity index (χ3v) is 12.7. The van der Waals surface area contributed by atoms with Crippen LogP contribution in [0.25, 0.3) is 21.8 Å². The first-order valence-corrected chi connectivity index (χ1v) is 23.7. The van der Waals surface area contributed by atoms with Crippen LogP contribution in [0.2, 0.25) is 0 Å². The van der Waals surface area contributed by atoms with Gasteiger partial charge in [0.25, 0.3) is 0 Å². The summed E-state index contributed by atoms with van der Waals surface area (Å²) in [7, 11) is 6.77. The molecule has 4 heterocycles. The molecular formula is C54H58F3N9O7. The number of anilines is 3. The number of piperazine rings is 1. The van der Waals surface area contributed by atoms with Gasteiger partial charge in [0.15, 0.2) is 17.4 Å². The zero-order chi connectivity index (χ0) is 52.0. The van der Waals surface area contributed by atoms with E-state index >= 15 is 0 Å². The molecule has 2 aliphatic rings. The van der Waals surface area contributed by atoms with E-state index in [1.54, 1.807) is 63.2 Å². The number of aromatic hydroxyl groups is 1. The minimum Gasteiger partial charge on any atom is -0.494 e. The SMILES string of the molecule is COC(=O)c1ccc2c(C(=Nc3ccc(N(C)C(=O)CN4CCN(C)CC4)cc3)c3ccccc3)c(O)[nH]c2c1.COc1cc2nc(C)nc(NC(C)c3cc(N)cc(C(F)(F)F)c3)c2cc1OC1CCOC1. The number of hydrogen-bond donors (Lipinski definition) is 4. The van der Waals surface area contributed by atoms with E-state index in [-0.39, 0.29) is 23.6 Å². The van der Waals surface area contributed by atoms with Gasteiger partial charge < -0.3 is 49.9 Å². The van der Waals surface area contributed by atoms with Gasteiger partial charge in [-0.1, -0.05) is 36.4 Å². The molecule has 16 nitrogen and oxygen atoms in total. The first-order chi connectivity index (χ1) is 35.0. The van der Waals surface area contributed by atoms with Gasteiger partial charge in [-0.15, -0.1) is 0 Å². The second-order valence-corrected chi connectivity index (χ2v) is 18.0. The molecule has 0 aliphatic carbocycles. The number of nitrogens with one attached hydrogen (secondary N) is 2. The molecule has 0 radical (unpaired) electrons. The monoisotopic (exact) mass is 1000 g/mol.